The van der Waals surface area contributed by atoms with Gasteiger partial charge in [0.2, 0.25) is 0 Å². The molecule has 0 bridgehead atoms. The molecule has 0 aromatic heterocycles. The minimum absolute atomic E-state index is 0.767. The lowest BCUT2D eigenvalue weighted by molar-refractivity contribution is 0.177. The fourth-order valence-electron chi connectivity index (χ4n) is 3.34. The molecule has 0 fully saturated rings. The second kappa shape index (κ2) is 10.9. The van der Waals surface area contributed by atoms with Gasteiger partial charge in [-0.25, -0.2) is 0 Å². The second-order valence-electron chi connectivity index (χ2n) is 6.06. The van der Waals surface area contributed by atoms with Crippen LogP contribution >= 0.6 is 0 Å². The Bertz CT molecular complexity index is 246. The van der Waals surface area contributed by atoms with Gasteiger partial charge >= 0.3 is 8.56 Å². The van der Waals surface area contributed by atoms with E-state index < -0.39 is 16.8 Å². The van der Waals surface area contributed by atoms with E-state index in [1.807, 2.05) is 0 Å². The molecule has 0 unspecified atom stereocenters. The van der Waals surface area contributed by atoms with Crippen LogP contribution in [0.15, 0.2) is 0 Å². The van der Waals surface area contributed by atoms with Crippen LogP contribution in [-0.4, -0.2) is 47.3 Å². The molecule has 0 aromatic carbocycles. The molecule has 5 heteroatoms. The highest BCUT2D eigenvalue weighted by atomic mass is 28.4. The molecule has 0 spiro atoms. The van der Waals surface area contributed by atoms with Gasteiger partial charge in [0.25, 0.3) is 0 Å². The standard InChI is InChI=1S/C16H39NO2Si2/c1-8-14-15-17(21(11-4,12-5)13-6)16-20(7,18-9-2)19-10-3/h8-16H2,1-7H3. The largest absolute Gasteiger partial charge is 0.394 e. The van der Waals surface area contributed by atoms with Crippen LogP contribution in [0.4, 0.5) is 0 Å². The van der Waals surface area contributed by atoms with E-state index in [1.54, 1.807) is 0 Å². The van der Waals surface area contributed by atoms with E-state index in [0.717, 1.165) is 19.4 Å². The van der Waals surface area contributed by atoms with Crippen LogP contribution in [0.1, 0.15) is 54.4 Å². The number of hydrogen-bond acceptors (Lipinski definition) is 3. The van der Waals surface area contributed by atoms with Crippen molar-refractivity contribution in [3.63, 3.8) is 0 Å². The van der Waals surface area contributed by atoms with Gasteiger partial charge in [0.05, 0.1) is 0 Å². The number of unbranched alkanes of at least 4 members (excludes halogenated alkanes) is 1. The molecule has 0 rings (SSSR count). The summed E-state index contributed by atoms with van der Waals surface area (Å²) in [4.78, 5) is 0. The molecule has 0 saturated carbocycles. The average molecular weight is 334 g/mol. The number of nitrogens with zero attached hydrogens (tertiary/aromatic N) is 1. The van der Waals surface area contributed by atoms with Crippen molar-refractivity contribution in [2.75, 3.05) is 25.9 Å². The van der Waals surface area contributed by atoms with Gasteiger partial charge in [-0.3, -0.25) is 0 Å². The second-order valence-corrected chi connectivity index (χ2v) is 14.4. The summed E-state index contributed by atoms with van der Waals surface area (Å²) >= 11 is 0. The van der Waals surface area contributed by atoms with Crippen molar-refractivity contribution in [3.05, 3.63) is 0 Å². The van der Waals surface area contributed by atoms with Crippen LogP contribution in [0.2, 0.25) is 24.7 Å². The van der Waals surface area contributed by atoms with Gasteiger partial charge < -0.3 is 13.4 Å². The van der Waals surface area contributed by atoms with Crippen molar-refractivity contribution in [2.45, 2.75) is 79.1 Å². The first-order valence-corrected chi connectivity index (χ1v) is 14.1. The lowest BCUT2D eigenvalue weighted by Gasteiger charge is -2.44. The molecule has 0 N–H and O–H groups in total. The highest BCUT2D eigenvalue weighted by molar-refractivity contribution is 6.78. The summed E-state index contributed by atoms with van der Waals surface area (Å²) in [6.45, 7) is 18.6. The Morgan fingerprint density at radius 2 is 1.29 bits per heavy atom. The monoisotopic (exact) mass is 333 g/mol. The maximum atomic E-state index is 6.11. The van der Waals surface area contributed by atoms with Gasteiger partial charge in [-0.15, -0.1) is 0 Å². The van der Waals surface area contributed by atoms with E-state index >= 15 is 0 Å². The molecule has 0 amide bonds. The Balaban J connectivity index is 5.19. The first-order chi connectivity index (χ1) is 9.97. The van der Waals surface area contributed by atoms with Crippen LogP contribution in [0, 0.1) is 0 Å². The van der Waals surface area contributed by atoms with Crippen molar-refractivity contribution in [1.82, 2.24) is 4.57 Å². The molecule has 0 aromatic rings. The maximum Gasteiger partial charge on any atom is 0.348 e. The number of hydrogen-bond donors (Lipinski definition) is 0. The first kappa shape index (κ1) is 21.3. The van der Waals surface area contributed by atoms with E-state index in [4.69, 9.17) is 8.85 Å². The third-order valence-corrected chi connectivity index (χ3v) is 13.5. The third-order valence-electron chi connectivity index (χ3n) is 4.80. The van der Waals surface area contributed by atoms with E-state index in [2.05, 4.69) is 52.7 Å². The summed E-state index contributed by atoms with van der Waals surface area (Å²) in [6, 6.07) is 4.02. The zero-order valence-corrected chi connectivity index (χ0v) is 17.6. The zero-order valence-electron chi connectivity index (χ0n) is 15.6. The molecule has 0 saturated heterocycles. The summed E-state index contributed by atoms with van der Waals surface area (Å²) in [5.74, 6) is 0. The number of rotatable bonds is 13. The van der Waals surface area contributed by atoms with Crippen LogP contribution in [0.5, 0.6) is 0 Å². The van der Waals surface area contributed by atoms with Gasteiger partial charge in [-0.05, 0) is 51.5 Å². The molecule has 0 aliphatic rings. The minimum atomic E-state index is -2.06. The zero-order chi connectivity index (χ0) is 16.4. The van der Waals surface area contributed by atoms with Crippen molar-refractivity contribution < 1.29 is 8.85 Å². The lowest BCUT2D eigenvalue weighted by atomic mass is 10.3. The SMILES string of the molecule is CCCCN(C[Si](C)(OCC)OCC)[Si](CC)(CC)CC. The predicted molar refractivity (Wildman–Crippen MR) is 98.5 cm³/mol. The average Bonchev–Trinajstić information content (AvgIpc) is 2.47. The van der Waals surface area contributed by atoms with Crippen molar-refractivity contribution in [2.24, 2.45) is 0 Å². The molecule has 128 valence electrons. The van der Waals surface area contributed by atoms with Crippen molar-refractivity contribution in [1.29, 1.82) is 0 Å². The smallest absolute Gasteiger partial charge is 0.348 e. The molecule has 0 heterocycles. The molecule has 21 heavy (non-hydrogen) atoms. The molecule has 3 nitrogen and oxygen atoms in total. The molecule has 0 aliphatic heterocycles. The molecular formula is C16H39NO2Si2. The molecule has 0 atom stereocenters. The predicted octanol–water partition coefficient (Wildman–Crippen LogP) is 4.78. The van der Waals surface area contributed by atoms with Crippen LogP contribution in [0.25, 0.3) is 0 Å². The van der Waals surface area contributed by atoms with Gasteiger partial charge in [0.1, 0.15) is 8.24 Å². The van der Waals surface area contributed by atoms with Crippen molar-refractivity contribution in [3.8, 4) is 0 Å². The van der Waals surface area contributed by atoms with E-state index in [1.165, 1.54) is 37.5 Å². The van der Waals surface area contributed by atoms with Gasteiger partial charge in [0.15, 0.2) is 0 Å². The fourth-order valence-corrected chi connectivity index (χ4v) is 11.4. The summed E-state index contributed by atoms with van der Waals surface area (Å²) < 4.78 is 15.0. The van der Waals surface area contributed by atoms with E-state index in [-0.39, 0.29) is 0 Å². The quantitative estimate of drug-likeness (QED) is 0.453. The summed E-state index contributed by atoms with van der Waals surface area (Å²) in [5, 5.41) is 0. The Labute approximate surface area is 135 Å². The lowest BCUT2D eigenvalue weighted by Crippen LogP contribution is -2.60. The van der Waals surface area contributed by atoms with Gasteiger partial charge in [-0.2, -0.15) is 0 Å². The van der Waals surface area contributed by atoms with Crippen LogP contribution in [-0.2, 0) is 8.85 Å². The van der Waals surface area contributed by atoms with Crippen LogP contribution in [0.3, 0.4) is 0 Å². The Hall–Kier alpha value is 0.314. The maximum absolute atomic E-state index is 6.11. The highest BCUT2D eigenvalue weighted by Gasteiger charge is 2.41. The Kier molecular flexibility index (Phi) is 11.1. The van der Waals surface area contributed by atoms with E-state index in [9.17, 15) is 0 Å². The van der Waals surface area contributed by atoms with Gasteiger partial charge in [0, 0.05) is 19.4 Å². The minimum Gasteiger partial charge on any atom is -0.394 e. The van der Waals surface area contributed by atoms with Crippen molar-refractivity contribution >= 4 is 16.8 Å². The molecule has 0 radical (unpaired) electrons. The normalized spacial score (nSPS) is 13.1. The summed E-state index contributed by atoms with van der Waals surface area (Å²) in [6.07, 6.45) is 3.60. The molecular weight excluding hydrogens is 294 g/mol. The topological polar surface area (TPSA) is 21.7 Å². The third kappa shape index (κ3) is 6.52. The van der Waals surface area contributed by atoms with E-state index in [0.29, 0.717) is 0 Å². The fraction of sp³-hybridized carbons (Fsp3) is 1.00. The first-order valence-electron chi connectivity index (χ1n) is 9.00. The highest BCUT2D eigenvalue weighted by Crippen LogP contribution is 2.27. The Morgan fingerprint density at radius 1 is 0.810 bits per heavy atom. The summed E-state index contributed by atoms with van der Waals surface area (Å²) in [7, 11) is -3.40. The van der Waals surface area contributed by atoms with Gasteiger partial charge in [-0.1, -0.05) is 34.1 Å². The van der Waals surface area contributed by atoms with Crippen LogP contribution < -0.4 is 0 Å². The molecule has 0 aliphatic carbocycles. The summed E-state index contributed by atoms with van der Waals surface area (Å²) in [5.41, 5.74) is 0. The Morgan fingerprint density at radius 3 is 1.62 bits per heavy atom.